The Morgan fingerprint density at radius 2 is 1.72 bits per heavy atom. The van der Waals surface area contributed by atoms with Gasteiger partial charge in [-0.1, -0.05) is 23.7 Å². The van der Waals surface area contributed by atoms with Crippen molar-refractivity contribution in [3.63, 3.8) is 0 Å². The maximum atomic E-state index is 11.9. The van der Waals surface area contributed by atoms with Crippen molar-refractivity contribution in [2.75, 3.05) is 5.32 Å². The van der Waals surface area contributed by atoms with E-state index in [-0.39, 0.29) is 28.0 Å². The Labute approximate surface area is 108 Å². The number of rotatable bonds is 2. The molecule has 6 heteroatoms. The lowest BCUT2D eigenvalue weighted by Gasteiger charge is -2.07. The number of hydrogen-bond acceptors (Lipinski definition) is 4. The predicted molar refractivity (Wildman–Crippen MR) is 67.0 cm³/mol. The van der Waals surface area contributed by atoms with Gasteiger partial charge in [0.15, 0.2) is 0 Å². The highest BCUT2D eigenvalue weighted by atomic mass is 35.5. The summed E-state index contributed by atoms with van der Waals surface area (Å²) < 4.78 is 0. The van der Waals surface area contributed by atoms with Crippen LogP contribution in [0.5, 0.6) is 11.5 Å². The monoisotopic (exact) mass is 264 g/mol. The molecule has 0 aliphatic heterocycles. The number of halogens is 1. The average Bonchev–Trinajstić information content (AvgIpc) is 2.28. The Balaban J connectivity index is 2.28. The van der Waals surface area contributed by atoms with Gasteiger partial charge in [0.25, 0.3) is 5.91 Å². The van der Waals surface area contributed by atoms with Crippen molar-refractivity contribution in [1.82, 2.24) is 4.98 Å². The van der Waals surface area contributed by atoms with Gasteiger partial charge in [-0.05, 0) is 24.3 Å². The molecule has 0 radical (unpaired) electrons. The van der Waals surface area contributed by atoms with Gasteiger partial charge >= 0.3 is 0 Å². The molecule has 2 aromatic rings. The topological polar surface area (TPSA) is 82.5 Å². The van der Waals surface area contributed by atoms with Crippen LogP contribution in [0.2, 0.25) is 5.15 Å². The van der Waals surface area contributed by atoms with Crippen LogP contribution < -0.4 is 5.32 Å². The van der Waals surface area contributed by atoms with Crippen molar-refractivity contribution in [3.05, 3.63) is 47.1 Å². The second-order valence-electron chi connectivity index (χ2n) is 3.47. The highest BCUT2D eigenvalue weighted by molar-refractivity contribution is 6.29. The molecule has 0 aliphatic carbocycles. The second kappa shape index (κ2) is 4.93. The van der Waals surface area contributed by atoms with Crippen molar-refractivity contribution >= 4 is 23.3 Å². The Bertz CT molecular complexity index is 581. The third-order valence-electron chi connectivity index (χ3n) is 2.20. The largest absolute Gasteiger partial charge is 0.507 e. The number of pyridine rings is 1. The Hall–Kier alpha value is -2.27. The molecule has 5 nitrogen and oxygen atoms in total. The number of phenolic OH excluding ortho intramolecular Hbond substituents is 2. The van der Waals surface area contributed by atoms with Crippen LogP contribution in [-0.4, -0.2) is 21.1 Å². The van der Waals surface area contributed by atoms with Gasteiger partial charge < -0.3 is 15.5 Å². The molecule has 1 aromatic heterocycles. The summed E-state index contributed by atoms with van der Waals surface area (Å²) in [6, 6.07) is 8.77. The van der Waals surface area contributed by atoms with Gasteiger partial charge in [-0.25, -0.2) is 4.98 Å². The van der Waals surface area contributed by atoms with Crippen molar-refractivity contribution in [1.29, 1.82) is 0 Å². The molecule has 0 bridgehead atoms. The van der Waals surface area contributed by atoms with Crippen molar-refractivity contribution < 1.29 is 15.0 Å². The molecule has 1 heterocycles. The highest BCUT2D eigenvalue weighted by Crippen LogP contribution is 2.26. The third-order valence-corrected chi connectivity index (χ3v) is 2.41. The summed E-state index contributed by atoms with van der Waals surface area (Å²) >= 11 is 5.68. The molecule has 0 saturated carbocycles. The molecular weight excluding hydrogens is 256 g/mol. The molecule has 2 rings (SSSR count). The normalized spacial score (nSPS) is 10.1. The van der Waals surface area contributed by atoms with Crippen LogP contribution >= 0.6 is 11.6 Å². The van der Waals surface area contributed by atoms with Gasteiger partial charge in [0.05, 0.1) is 0 Å². The van der Waals surface area contributed by atoms with Crippen LogP contribution in [0.25, 0.3) is 0 Å². The molecule has 1 aromatic carbocycles. The lowest BCUT2D eigenvalue weighted by Crippen LogP contribution is -2.13. The van der Waals surface area contributed by atoms with Crippen LogP contribution in [0, 0.1) is 0 Å². The van der Waals surface area contributed by atoms with Gasteiger partial charge in [0, 0.05) is 0 Å². The minimum Gasteiger partial charge on any atom is -0.507 e. The summed E-state index contributed by atoms with van der Waals surface area (Å²) in [6.45, 7) is 0. The van der Waals surface area contributed by atoms with Gasteiger partial charge in [-0.3, -0.25) is 4.79 Å². The van der Waals surface area contributed by atoms with Crippen LogP contribution in [0.1, 0.15) is 10.4 Å². The number of benzene rings is 1. The van der Waals surface area contributed by atoms with E-state index in [9.17, 15) is 15.0 Å². The number of nitrogens with one attached hydrogen (secondary N) is 1. The van der Waals surface area contributed by atoms with E-state index in [1.807, 2.05) is 0 Å². The minimum atomic E-state index is -0.666. The van der Waals surface area contributed by atoms with E-state index in [1.54, 1.807) is 18.2 Å². The molecule has 0 aliphatic rings. The van der Waals surface area contributed by atoms with Gasteiger partial charge in [-0.2, -0.15) is 0 Å². The first-order valence-corrected chi connectivity index (χ1v) is 5.40. The van der Waals surface area contributed by atoms with Gasteiger partial charge in [-0.15, -0.1) is 0 Å². The van der Waals surface area contributed by atoms with E-state index in [4.69, 9.17) is 11.6 Å². The fraction of sp³-hybridized carbons (Fsp3) is 0. The molecule has 1 amide bonds. The summed E-state index contributed by atoms with van der Waals surface area (Å²) in [6.07, 6.45) is 0. The molecule has 0 spiro atoms. The number of anilines is 1. The molecule has 18 heavy (non-hydrogen) atoms. The maximum Gasteiger partial charge on any atom is 0.264 e. The number of amides is 1. The first-order valence-electron chi connectivity index (χ1n) is 5.03. The summed E-state index contributed by atoms with van der Waals surface area (Å²) in [5, 5.41) is 21.7. The molecule has 3 N–H and O–H groups in total. The number of phenols is 2. The van der Waals surface area contributed by atoms with E-state index in [2.05, 4.69) is 10.3 Å². The number of aromatic hydroxyl groups is 2. The molecule has 0 fully saturated rings. The number of carbonyl (C=O) groups is 1. The summed E-state index contributed by atoms with van der Waals surface area (Å²) in [5.74, 6) is -1.06. The lowest BCUT2D eigenvalue weighted by molar-refractivity contribution is 0.102. The van der Waals surface area contributed by atoms with E-state index in [0.29, 0.717) is 0 Å². The molecule has 0 atom stereocenters. The first kappa shape index (κ1) is 12.2. The zero-order valence-corrected chi connectivity index (χ0v) is 9.85. The van der Waals surface area contributed by atoms with Gasteiger partial charge in [0.2, 0.25) is 0 Å². The average molecular weight is 265 g/mol. The third kappa shape index (κ3) is 2.52. The zero-order valence-electron chi connectivity index (χ0n) is 9.09. The Morgan fingerprint density at radius 3 is 2.33 bits per heavy atom. The van der Waals surface area contributed by atoms with E-state index >= 15 is 0 Å². The highest BCUT2D eigenvalue weighted by Gasteiger charge is 2.16. The number of nitrogens with zero attached hydrogens (tertiary/aromatic N) is 1. The Kier molecular flexibility index (Phi) is 3.34. The molecule has 0 unspecified atom stereocenters. The first-order chi connectivity index (χ1) is 8.58. The predicted octanol–water partition coefficient (Wildman–Crippen LogP) is 2.40. The van der Waals surface area contributed by atoms with Crippen LogP contribution in [0.3, 0.4) is 0 Å². The van der Waals surface area contributed by atoms with E-state index < -0.39 is 5.91 Å². The smallest absolute Gasteiger partial charge is 0.264 e. The number of carbonyl (C=O) groups excluding carboxylic acids is 1. The fourth-order valence-corrected chi connectivity index (χ4v) is 1.58. The number of hydrogen-bond donors (Lipinski definition) is 3. The zero-order chi connectivity index (χ0) is 13.1. The van der Waals surface area contributed by atoms with Crippen LogP contribution in [-0.2, 0) is 0 Å². The number of aromatic nitrogens is 1. The molecule has 92 valence electrons. The Morgan fingerprint density at radius 1 is 1.11 bits per heavy atom. The van der Waals surface area contributed by atoms with Crippen LogP contribution in [0.15, 0.2) is 36.4 Å². The van der Waals surface area contributed by atoms with Crippen molar-refractivity contribution in [2.24, 2.45) is 0 Å². The molecular formula is C12H9ClN2O3. The standard InChI is InChI=1S/C12H9ClN2O3/c13-9-5-2-6-10(14-9)15-12(18)11-7(16)3-1-4-8(11)17/h1-6,16-17H,(H,14,15,18). The van der Waals surface area contributed by atoms with Crippen molar-refractivity contribution in [3.8, 4) is 11.5 Å². The quantitative estimate of drug-likeness (QED) is 0.728. The maximum absolute atomic E-state index is 11.9. The lowest BCUT2D eigenvalue weighted by atomic mass is 10.1. The minimum absolute atomic E-state index is 0.209. The second-order valence-corrected chi connectivity index (χ2v) is 3.86. The SMILES string of the molecule is O=C(Nc1cccc(Cl)n1)c1c(O)cccc1O. The van der Waals surface area contributed by atoms with Gasteiger partial charge in [0.1, 0.15) is 28.0 Å². The van der Waals surface area contributed by atoms with E-state index in [1.165, 1.54) is 18.2 Å². The van der Waals surface area contributed by atoms with Crippen molar-refractivity contribution in [2.45, 2.75) is 0 Å². The summed E-state index contributed by atoms with van der Waals surface area (Å²) in [4.78, 5) is 15.7. The van der Waals surface area contributed by atoms with E-state index in [0.717, 1.165) is 0 Å². The summed E-state index contributed by atoms with van der Waals surface area (Å²) in [7, 11) is 0. The fourth-order valence-electron chi connectivity index (χ4n) is 1.42. The van der Waals surface area contributed by atoms with Crippen LogP contribution in [0.4, 0.5) is 5.82 Å². The molecule has 0 saturated heterocycles. The summed E-state index contributed by atoms with van der Waals surface area (Å²) in [5.41, 5.74) is -0.209.